The van der Waals surface area contributed by atoms with Gasteiger partial charge >= 0.3 is 0 Å². The molecule has 0 saturated carbocycles. The zero-order valence-electron chi connectivity index (χ0n) is 23.5. The van der Waals surface area contributed by atoms with Crippen LogP contribution in [0.4, 0.5) is 5.69 Å². The van der Waals surface area contributed by atoms with Gasteiger partial charge in [-0.25, -0.2) is 8.42 Å². The number of sulfone groups is 1. The number of rotatable bonds is 8. The quantitative estimate of drug-likeness (QED) is 0.517. The lowest BCUT2D eigenvalue weighted by Crippen LogP contribution is -2.53. The Balaban J connectivity index is 1.53. The van der Waals surface area contributed by atoms with Gasteiger partial charge in [0.15, 0.2) is 15.6 Å². The van der Waals surface area contributed by atoms with Crippen LogP contribution in [0, 0.1) is 5.92 Å². The minimum absolute atomic E-state index is 0.0204. The van der Waals surface area contributed by atoms with E-state index in [9.17, 15) is 27.6 Å². The van der Waals surface area contributed by atoms with Crippen molar-refractivity contribution in [2.75, 3.05) is 38.3 Å². The first-order valence-corrected chi connectivity index (χ1v) is 15.2. The third-order valence-electron chi connectivity index (χ3n) is 7.41. The molecule has 40 heavy (non-hydrogen) atoms. The average Bonchev–Trinajstić information content (AvgIpc) is 3.48. The molecule has 10 nitrogen and oxygen atoms in total. The summed E-state index contributed by atoms with van der Waals surface area (Å²) in [6.45, 7) is 4.02. The molecule has 0 bridgehead atoms. The molecule has 0 radical (unpaired) electrons. The monoisotopic (exact) mass is 568 g/mol. The lowest BCUT2D eigenvalue weighted by atomic mass is 10.0. The molecule has 0 aromatic heterocycles. The molecule has 3 amide bonds. The van der Waals surface area contributed by atoms with Gasteiger partial charge in [0.2, 0.25) is 5.91 Å². The number of carbonyl (C=O) groups excluding carboxylic acids is 4. The van der Waals surface area contributed by atoms with Crippen LogP contribution in [0.1, 0.15) is 47.4 Å². The minimum atomic E-state index is -3.51. The summed E-state index contributed by atoms with van der Waals surface area (Å²) in [6, 6.07) is 10.7. The van der Waals surface area contributed by atoms with E-state index in [1.165, 1.54) is 34.1 Å². The van der Waals surface area contributed by atoms with E-state index in [0.717, 1.165) is 11.9 Å². The highest BCUT2D eigenvalue weighted by molar-refractivity contribution is 7.90. The van der Waals surface area contributed by atoms with Crippen molar-refractivity contribution < 1.29 is 27.6 Å². The fraction of sp³-hybridized carbons (Fsp3) is 0.448. The van der Waals surface area contributed by atoms with Gasteiger partial charge in [-0.05, 0) is 55.2 Å². The van der Waals surface area contributed by atoms with E-state index in [2.05, 4.69) is 5.32 Å². The zero-order chi connectivity index (χ0) is 29.4. The van der Waals surface area contributed by atoms with Gasteiger partial charge in [0.25, 0.3) is 11.8 Å². The van der Waals surface area contributed by atoms with Crippen LogP contribution in [0.25, 0.3) is 0 Å². The van der Waals surface area contributed by atoms with Crippen LogP contribution in [0.5, 0.6) is 0 Å². The van der Waals surface area contributed by atoms with Crippen molar-refractivity contribution in [2.24, 2.45) is 5.92 Å². The number of carbonyl (C=O) groups is 4. The van der Waals surface area contributed by atoms with Gasteiger partial charge < -0.3 is 20.0 Å². The summed E-state index contributed by atoms with van der Waals surface area (Å²) < 4.78 is 24.0. The molecule has 2 saturated heterocycles. The molecule has 2 heterocycles. The van der Waals surface area contributed by atoms with Crippen LogP contribution in [0.15, 0.2) is 53.4 Å². The third-order valence-corrected chi connectivity index (χ3v) is 8.52. The predicted octanol–water partition coefficient (Wildman–Crippen LogP) is 2.00. The Morgan fingerprint density at radius 2 is 1.70 bits per heavy atom. The average molecular weight is 569 g/mol. The van der Waals surface area contributed by atoms with Crippen LogP contribution in [0.3, 0.4) is 0 Å². The lowest BCUT2D eigenvalue weighted by Gasteiger charge is -2.29. The topological polar surface area (TPSA) is 124 Å². The second-order valence-electron chi connectivity index (χ2n) is 11.1. The number of nitrogens with zero attached hydrogens (tertiary/aromatic N) is 3. The van der Waals surface area contributed by atoms with E-state index < -0.39 is 33.9 Å². The Morgan fingerprint density at radius 1 is 1.02 bits per heavy atom. The highest BCUT2D eigenvalue weighted by Gasteiger charge is 2.52. The van der Waals surface area contributed by atoms with E-state index in [-0.39, 0.29) is 47.1 Å². The van der Waals surface area contributed by atoms with Crippen LogP contribution in [-0.4, -0.2) is 93.3 Å². The molecular formula is C29H36N4O6S. The molecule has 3 atom stereocenters. The summed E-state index contributed by atoms with van der Waals surface area (Å²) in [6.07, 6.45) is 1.87. The number of anilines is 1. The highest BCUT2D eigenvalue weighted by Crippen LogP contribution is 2.32. The van der Waals surface area contributed by atoms with Crippen LogP contribution in [0.2, 0.25) is 0 Å². The molecular weight excluding hydrogens is 532 g/mol. The molecule has 2 aliphatic rings. The summed E-state index contributed by atoms with van der Waals surface area (Å²) in [5.74, 6) is -1.33. The smallest absolute Gasteiger partial charge is 0.254 e. The van der Waals surface area contributed by atoms with Gasteiger partial charge in [0.1, 0.15) is 12.1 Å². The predicted molar refractivity (Wildman–Crippen MR) is 151 cm³/mol. The Hall–Kier alpha value is -3.73. The van der Waals surface area contributed by atoms with Crippen molar-refractivity contribution in [1.82, 2.24) is 15.1 Å². The van der Waals surface area contributed by atoms with E-state index in [4.69, 9.17) is 0 Å². The zero-order valence-corrected chi connectivity index (χ0v) is 24.3. The van der Waals surface area contributed by atoms with Crippen molar-refractivity contribution in [3.05, 3.63) is 59.7 Å². The van der Waals surface area contributed by atoms with Gasteiger partial charge in [-0.15, -0.1) is 0 Å². The highest BCUT2D eigenvalue weighted by atomic mass is 32.2. The Bertz CT molecular complexity index is 1440. The molecule has 0 spiro atoms. The van der Waals surface area contributed by atoms with Crippen molar-refractivity contribution in [3.8, 4) is 0 Å². The molecule has 2 aliphatic heterocycles. The van der Waals surface area contributed by atoms with E-state index in [1.54, 1.807) is 18.2 Å². The van der Waals surface area contributed by atoms with Gasteiger partial charge in [-0.2, -0.15) is 0 Å². The standard InChI is InChI=1S/C29H36N4O6S/c1-18(2)14-23(30-27(35)19-8-6-10-21(15-19)31(3)4)29(37)32-13-12-24-26(32)25(34)17-33(24)28(36)20-9-7-11-22(16-20)40(5,38)39/h6-11,15-16,18,23-24,26H,12-14,17H2,1-5H3,(H,30,35). The largest absolute Gasteiger partial charge is 0.378 e. The van der Waals surface area contributed by atoms with E-state index in [1.807, 2.05) is 38.9 Å². The molecule has 3 unspecified atom stereocenters. The molecule has 4 rings (SSSR count). The van der Waals surface area contributed by atoms with E-state index in [0.29, 0.717) is 18.4 Å². The molecule has 11 heteroatoms. The maximum Gasteiger partial charge on any atom is 0.254 e. The number of benzene rings is 2. The van der Waals surface area contributed by atoms with Crippen LogP contribution < -0.4 is 10.2 Å². The first-order valence-electron chi connectivity index (χ1n) is 13.3. The second-order valence-corrected chi connectivity index (χ2v) is 13.1. The maximum absolute atomic E-state index is 13.8. The number of ketones is 1. The number of hydrogen-bond acceptors (Lipinski definition) is 7. The summed E-state index contributed by atoms with van der Waals surface area (Å²) >= 11 is 0. The molecule has 0 aliphatic carbocycles. The number of Topliss-reactive ketones (excluding diaryl/α,β-unsaturated/α-hetero) is 1. The summed E-state index contributed by atoms with van der Waals surface area (Å²) in [5, 5.41) is 2.88. The molecule has 2 aromatic carbocycles. The lowest BCUT2D eigenvalue weighted by molar-refractivity contribution is -0.138. The van der Waals surface area contributed by atoms with Crippen molar-refractivity contribution >= 4 is 39.0 Å². The second kappa shape index (κ2) is 11.4. The number of amides is 3. The van der Waals surface area contributed by atoms with E-state index >= 15 is 0 Å². The SMILES string of the molecule is CC(C)CC(NC(=O)c1cccc(N(C)C)c1)C(=O)N1CCC2C1C(=O)CN2C(=O)c1cccc(S(C)(=O)=O)c1. The maximum atomic E-state index is 13.8. The molecule has 214 valence electrons. The number of fused-ring (bicyclic) bond motifs is 1. The molecule has 2 fully saturated rings. The number of hydrogen-bond donors (Lipinski definition) is 1. The summed E-state index contributed by atoms with van der Waals surface area (Å²) in [7, 11) is 0.237. The number of nitrogens with one attached hydrogen (secondary N) is 1. The Morgan fingerprint density at radius 3 is 2.35 bits per heavy atom. The minimum Gasteiger partial charge on any atom is -0.378 e. The summed E-state index contributed by atoms with van der Waals surface area (Å²) in [5.41, 5.74) is 1.45. The number of likely N-dealkylation sites (tertiary alicyclic amines) is 2. The Kier molecular flexibility index (Phi) is 8.34. The Labute approximate surface area is 235 Å². The van der Waals surface area contributed by atoms with Gasteiger partial charge in [0, 0.05) is 43.7 Å². The van der Waals surface area contributed by atoms with Crippen molar-refractivity contribution in [1.29, 1.82) is 0 Å². The van der Waals surface area contributed by atoms with Gasteiger partial charge in [-0.1, -0.05) is 26.0 Å². The third kappa shape index (κ3) is 6.04. The van der Waals surface area contributed by atoms with Crippen LogP contribution >= 0.6 is 0 Å². The fourth-order valence-corrected chi connectivity index (χ4v) is 6.09. The molecule has 1 N–H and O–H groups in total. The van der Waals surface area contributed by atoms with Crippen molar-refractivity contribution in [3.63, 3.8) is 0 Å². The van der Waals surface area contributed by atoms with Crippen LogP contribution in [-0.2, 0) is 19.4 Å². The fourth-order valence-electron chi connectivity index (χ4n) is 5.42. The molecule has 2 aromatic rings. The van der Waals surface area contributed by atoms with Crippen molar-refractivity contribution in [2.45, 2.75) is 49.7 Å². The first-order chi connectivity index (χ1) is 18.8. The first kappa shape index (κ1) is 29.3. The summed E-state index contributed by atoms with van der Waals surface area (Å²) in [4.78, 5) is 58.3. The normalized spacial score (nSPS) is 19.5. The van der Waals surface area contributed by atoms with Gasteiger partial charge in [-0.3, -0.25) is 19.2 Å². The van der Waals surface area contributed by atoms with Gasteiger partial charge in [0.05, 0.1) is 17.5 Å².